The van der Waals surface area contributed by atoms with E-state index in [1.54, 1.807) is 45.2 Å². The molecular weight excluding hydrogens is 394 g/mol. The van der Waals surface area contributed by atoms with Gasteiger partial charge in [0.2, 0.25) is 0 Å². The van der Waals surface area contributed by atoms with Gasteiger partial charge in [0, 0.05) is 24.5 Å². The normalized spacial score (nSPS) is 10.6. The number of ether oxygens (including phenoxy) is 1. The Morgan fingerprint density at radius 2 is 1.77 bits per heavy atom. The largest absolute Gasteiger partial charge is 0.452 e. The number of carbonyl (C=O) groups excluding carboxylic acids is 2. The highest BCUT2D eigenvalue weighted by Gasteiger charge is 2.21. The van der Waals surface area contributed by atoms with Crippen LogP contribution in [0.2, 0.25) is 0 Å². The van der Waals surface area contributed by atoms with Gasteiger partial charge in [0.05, 0.1) is 24.1 Å². The average Bonchev–Trinajstić information content (AvgIpc) is 3.01. The number of nitrogens with zero attached hydrogens (tertiary/aromatic N) is 3. The minimum atomic E-state index is -0.780. The zero-order valence-corrected chi connectivity index (χ0v) is 16.9. The first kappa shape index (κ1) is 21.0. The van der Waals surface area contributed by atoms with Crippen molar-refractivity contribution < 1.29 is 23.1 Å². The van der Waals surface area contributed by atoms with E-state index in [9.17, 15) is 18.4 Å². The fraction of sp³-hybridized carbons (Fsp3) is 0.190. The third-order valence-corrected chi connectivity index (χ3v) is 4.62. The van der Waals surface area contributed by atoms with Gasteiger partial charge in [-0.1, -0.05) is 0 Å². The standard InChI is InChI=1S/C21H20F2N4O3/c1-12-19(13(2)27(25-12)18-10-5-14(22)11-17(18)23)20(28)24-15-6-8-16(9-7-15)26(3)21(29)30-4/h5-11H,1-4H3,(H,24,28). The summed E-state index contributed by atoms with van der Waals surface area (Å²) >= 11 is 0. The minimum Gasteiger partial charge on any atom is -0.452 e. The van der Waals surface area contributed by atoms with Crippen molar-refractivity contribution in [2.24, 2.45) is 0 Å². The van der Waals surface area contributed by atoms with E-state index in [1.165, 1.54) is 22.8 Å². The second kappa shape index (κ2) is 8.32. The molecular formula is C21H20F2N4O3. The van der Waals surface area contributed by atoms with Crippen molar-refractivity contribution in [3.63, 3.8) is 0 Å². The molecule has 2 amide bonds. The number of amides is 2. The van der Waals surface area contributed by atoms with Crippen molar-refractivity contribution >= 4 is 23.4 Å². The summed E-state index contributed by atoms with van der Waals surface area (Å²) in [5.74, 6) is -1.90. The van der Waals surface area contributed by atoms with Gasteiger partial charge < -0.3 is 10.1 Å². The number of aromatic nitrogens is 2. The Balaban J connectivity index is 1.84. The number of anilines is 2. The minimum absolute atomic E-state index is 0.0475. The Morgan fingerprint density at radius 3 is 2.37 bits per heavy atom. The number of halogens is 2. The van der Waals surface area contributed by atoms with Crippen LogP contribution in [0, 0.1) is 25.5 Å². The van der Waals surface area contributed by atoms with Crippen molar-refractivity contribution in [2.75, 3.05) is 24.4 Å². The predicted octanol–water partition coefficient (Wildman–Crippen LogP) is 4.22. The maximum absolute atomic E-state index is 14.2. The second-order valence-electron chi connectivity index (χ2n) is 6.58. The maximum Gasteiger partial charge on any atom is 0.413 e. The highest BCUT2D eigenvalue weighted by Crippen LogP contribution is 2.23. The lowest BCUT2D eigenvalue weighted by molar-refractivity contribution is 0.102. The summed E-state index contributed by atoms with van der Waals surface area (Å²) in [6.07, 6.45) is -0.515. The highest BCUT2D eigenvalue weighted by atomic mass is 19.1. The van der Waals surface area contributed by atoms with E-state index in [0.717, 1.165) is 12.1 Å². The van der Waals surface area contributed by atoms with E-state index in [4.69, 9.17) is 0 Å². The third kappa shape index (κ3) is 4.00. The molecule has 0 fully saturated rings. The molecule has 2 aromatic carbocycles. The summed E-state index contributed by atoms with van der Waals surface area (Å²) in [7, 11) is 2.85. The van der Waals surface area contributed by atoms with Crippen LogP contribution in [0.4, 0.5) is 25.0 Å². The van der Waals surface area contributed by atoms with Gasteiger partial charge in [-0.3, -0.25) is 9.69 Å². The average molecular weight is 414 g/mol. The van der Waals surface area contributed by atoms with Crippen molar-refractivity contribution in [2.45, 2.75) is 13.8 Å². The number of methoxy groups -OCH3 is 1. The molecule has 0 aliphatic heterocycles. The summed E-state index contributed by atoms with van der Waals surface area (Å²) in [5, 5.41) is 6.99. The van der Waals surface area contributed by atoms with E-state index in [-0.39, 0.29) is 11.3 Å². The Kier molecular flexibility index (Phi) is 5.81. The summed E-state index contributed by atoms with van der Waals surface area (Å²) < 4.78 is 33.3. The Labute approximate surface area is 171 Å². The molecule has 0 atom stereocenters. The van der Waals surface area contributed by atoms with Gasteiger partial charge in [-0.05, 0) is 50.2 Å². The molecule has 1 heterocycles. The molecule has 0 saturated carbocycles. The first-order chi connectivity index (χ1) is 14.2. The van der Waals surface area contributed by atoms with Gasteiger partial charge in [0.15, 0.2) is 5.82 Å². The van der Waals surface area contributed by atoms with Crippen LogP contribution in [0.1, 0.15) is 21.7 Å². The Bertz CT molecular complexity index is 1110. The number of rotatable bonds is 4. The quantitative estimate of drug-likeness (QED) is 0.694. The first-order valence-electron chi connectivity index (χ1n) is 8.97. The van der Waals surface area contributed by atoms with E-state index in [1.807, 2.05) is 0 Å². The lowest BCUT2D eigenvalue weighted by atomic mass is 10.1. The topological polar surface area (TPSA) is 76.5 Å². The summed E-state index contributed by atoms with van der Waals surface area (Å²) in [6, 6.07) is 9.75. The summed E-state index contributed by atoms with van der Waals surface area (Å²) in [6.45, 7) is 3.26. The van der Waals surface area contributed by atoms with Crippen LogP contribution < -0.4 is 10.2 Å². The summed E-state index contributed by atoms with van der Waals surface area (Å²) in [5.41, 5.74) is 2.24. The van der Waals surface area contributed by atoms with Gasteiger partial charge in [-0.15, -0.1) is 0 Å². The van der Waals surface area contributed by atoms with Gasteiger partial charge in [0.1, 0.15) is 11.5 Å². The lowest BCUT2D eigenvalue weighted by Crippen LogP contribution is -2.25. The number of aryl methyl sites for hydroxylation is 1. The zero-order valence-electron chi connectivity index (χ0n) is 16.9. The van der Waals surface area contributed by atoms with Gasteiger partial charge in [-0.2, -0.15) is 5.10 Å². The Morgan fingerprint density at radius 1 is 1.10 bits per heavy atom. The molecule has 156 valence electrons. The van der Waals surface area contributed by atoms with Crippen molar-refractivity contribution in [3.8, 4) is 5.69 Å². The summed E-state index contributed by atoms with van der Waals surface area (Å²) in [4.78, 5) is 25.7. The molecule has 0 aliphatic carbocycles. The van der Waals surface area contributed by atoms with E-state index >= 15 is 0 Å². The van der Waals surface area contributed by atoms with Crippen LogP contribution in [0.5, 0.6) is 0 Å². The molecule has 0 saturated heterocycles. The van der Waals surface area contributed by atoms with Crippen LogP contribution in [0.25, 0.3) is 5.69 Å². The lowest BCUT2D eigenvalue weighted by Gasteiger charge is -2.16. The highest BCUT2D eigenvalue weighted by molar-refractivity contribution is 6.06. The third-order valence-electron chi connectivity index (χ3n) is 4.62. The number of hydrogen-bond donors (Lipinski definition) is 1. The number of hydrogen-bond acceptors (Lipinski definition) is 4. The predicted molar refractivity (Wildman–Crippen MR) is 108 cm³/mol. The number of benzene rings is 2. The molecule has 0 radical (unpaired) electrons. The molecule has 0 spiro atoms. The molecule has 0 unspecified atom stereocenters. The SMILES string of the molecule is COC(=O)N(C)c1ccc(NC(=O)c2c(C)nn(-c3ccc(F)cc3F)c2C)cc1. The fourth-order valence-electron chi connectivity index (χ4n) is 3.06. The number of carbonyl (C=O) groups is 2. The number of nitrogens with one attached hydrogen (secondary N) is 1. The van der Waals surface area contributed by atoms with Crippen molar-refractivity contribution in [3.05, 3.63) is 71.1 Å². The Hall–Kier alpha value is -3.75. The first-order valence-corrected chi connectivity index (χ1v) is 8.97. The van der Waals surface area contributed by atoms with E-state index in [2.05, 4.69) is 15.2 Å². The van der Waals surface area contributed by atoms with E-state index < -0.39 is 23.6 Å². The zero-order chi connectivity index (χ0) is 22.0. The molecule has 7 nitrogen and oxygen atoms in total. The smallest absolute Gasteiger partial charge is 0.413 e. The van der Waals surface area contributed by atoms with E-state index in [0.29, 0.717) is 22.8 Å². The van der Waals surface area contributed by atoms with Crippen molar-refractivity contribution in [1.29, 1.82) is 0 Å². The van der Waals surface area contributed by atoms with Gasteiger partial charge in [0.25, 0.3) is 5.91 Å². The molecule has 0 bridgehead atoms. The molecule has 0 aliphatic rings. The molecule has 3 rings (SSSR count). The molecule has 30 heavy (non-hydrogen) atoms. The maximum atomic E-state index is 14.2. The fourth-order valence-corrected chi connectivity index (χ4v) is 3.06. The molecule has 9 heteroatoms. The molecule has 3 aromatic rings. The van der Waals surface area contributed by atoms with Crippen LogP contribution in [0.15, 0.2) is 42.5 Å². The molecule has 1 N–H and O–H groups in total. The van der Waals surface area contributed by atoms with Crippen LogP contribution >= 0.6 is 0 Å². The van der Waals surface area contributed by atoms with Crippen LogP contribution in [-0.2, 0) is 4.74 Å². The molecule has 1 aromatic heterocycles. The monoisotopic (exact) mass is 414 g/mol. The van der Waals surface area contributed by atoms with Gasteiger partial charge in [-0.25, -0.2) is 18.3 Å². The second-order valence-corrected chi connectivity index (χ2v) is 6.58. The van der Waals surface area contributed by atoms with Crippen LogP contribution in [0.3, 0.4) is 0 Å². The van der Waals surface area contributed by atoms with Crippen LogP contribution in [-0.4, -0.2) is 35.9 Å². The van der Waals surface area contributed by atoms with Gasteiger partial charge >= 0.3 is 6.09 Å². The van der Waals surface area contributed by atoms with Crippen molar-refractivity contribution in [1.82, 2.24) is 9.78 Å².